The third-order valence-electron chi connectivity index (χ3n) is 2.66. The van der Waals surface area contributed by atoms with E-state index in [1.54, 1.807) is 26.8 Å². The Labute approximate surface area is 137 Å². The third-order valence-corrected chi connectivity index (χ3v) is 2.99. The summed E-state index contributed by atoms with van der Waals surface area (Å²) in [5.74, 6) is -1.18. The normalized spacial score (nSPS) is 11.1. The Hall–Kier alpha value is -2.54. The molecule has 1 aromatic heterocycles. The molecule has 2 N–H and O–H groups in total. The number of benzene rings is 1. The molecule has 0 atom stereocenters. The van der Waals surface area contributed by atoms with Crippen molar-refractivity contribution in [3.8, 4) is 11.3 Å². The molecule has 0 unspecified atom stereocenters. The highest BCUT2D eigenvalue weighted by Crippen LogP contribution is 2.33. The molecule has 0 saturated heterocycles. The average molecular weight is 339 g/mol. The lowest BCUT2D eigenvalue weighted by atomic mass is 10.1. The van der Waals surface area contributed by atoms with Crippen LogP contribution in [0, 0.1) is 0 Å². The number of carbonyl (C=O) groups is 2. The highest BCUT2D eigenvalue weighted by Gasteiger charge is 2.21. The maximum absolute atomic E-state index is 11.8. The van der Waals surface area contributed by atoms with Gasteiger partial charge in [-0.05, 0) is 39.0 Å². The topological polar surface area (TPSA) is 102 Å². The Balaban J connectivity index is 2.31. The van der Waals surface area contributed by atoms with E-state index < -0.39 is 17.7 Å². The molecule has 1 amide bonds. The minimum atomic E-state index is -1.19. The number of nitrogens with one attached hydrogen (secondary N) is 1. The Morgan fingerprint density at radius 3 is 2.65 bits per heavy atom. The van der Waals surface area contributed by atoms with Gasteiger partial charge in [-0.25, -0.2) is 9.59 Å². The van der Waals surface area contributed by atoms with Gasteiger partial charge >= 0.3 is 12.1 Å². The fourth-order valence-corrected chi connectivity index (χ4v) is 1.99. The van der Waals surface area contributed by atoms with Gasteiger partial charge in [0.25, 0.3) is 0 Å². The zero-order valence-electron chi connectivity index (χ0n) is 12.7. The predicted molar refractivity (Wildman–Crippen MR) is 83.8 cm³/mol. The van der Waals surface area contributed by atoms with Crippen LogP contribution in [0.25, 0.3) is 11.3 Å². The van der Waals surface area contributed by atoms with Crippen molar-refractivity contribution in [2.24, 2.45) is 0 Å². The molecule has 0 aliphatic rings. The van der Waals surface area contributed by atoms with E-state index in [-0.39, 0.29) is 16.3 Å². The second-order valence-electron chi connectivity index (χ2n) is 5.70. The molecular formula is C15H15ClN2O5. The minimum Gasteiger partial charge on any atom is -0.477 e. The number of nitrogens with zero attached hydrogens (tertiary/aromatic N) is 1. The summed E-state index contributed by atoms with van der Waals surface area (Å²) in [7, 11) is 0. The second-order valence-corrected chi connectivity index (χ2v) is 6.10. The number of aromatic nitrogens is 1. The molecule has 0 saturated carbocycles. The Bertz CT molecular complexity index is 749. The number of amides is 1. The summed E-state index contributed by atoms with van der Waals surface area (Å²) in [6, 6.07) is 4.56. The largest absolute Gasteiger partial charge is 0.477 e. The van der Waals surface area contributed by atoms with Crippen molar-refractivity contribution in [3.63, 3.8) is 0 Å². The predicted octanol–water partition coefficient (Wildman–Crippen LogP) is 4.04. The van der Waals surface area contributed by atoms with Crippen LogP contribution in [0.3, 0.4) is 0 Å². The Kier molecular flexibility index (Phi) is 4.60. The number of carboxylic acid groups (broad SMARTS) is 1. The van der Waals surface area contributed by atoms with Crippen molar-refractivity contribution in [1.82, 2.24) is 5.16 Å². The Morgan fingerprint density at radius 2 is 2.04 bits per heavy atom. The summed E-state index contributed by atoms with van der Waals surface area (Å²) in [4.78, 5) is 22.9. The highest BCUT2D eigenvalue weighted by molar-refractivity contribution is 6.33. The van der Waals surface area contributed by atoms with E-state index in [4.69, 9.17) is 26.0 Å². The first-order valence-corrected chi connectivity index (χ1v) is 7.03. The van der Waals surface area contributed by atoms with Gasteiger partial charge in [0.2, 0.25) is 0 Å². The van der Waals surface area contributed by atoms with Gasteiger partial charge < -0.3 is 14.4 Å². The van der Waals surface area contributed by atoms with Gasteiger partial charge in [-0.15, -0.1) is 0 Å². The third kappa shape index (κ3) is 4.23. The van der Waals surface area contributed by atoms with Crippen molar-refractivity contribution >= 4 is 29.4 Å². The molecule has 0 aliphatic heterocycles. The molecule has 23 heavy (non-hydrogen) atoms. The SMILES string of the molecule is CC(C)(C)OC(=O)Nc1ccc(Cl)c(-c2oncc2C(=O)O)c1. The molecule has 8 heteroatoms. The van der Waals surface area contributed by atoms with Crippen LogP contribution in [0.2, 0.25) is 5.02 Å². The van der Waals surface area contributed by atoms with Gasteiger partial charge in [0.1, 0.15) is 11.2 Å². The number of ether oxygens (including phenoxy) is 1. The molecule has 0 bridgehead atoms. The van der Waals surface area contributed by atoms with E-state index in [1.165, 1.54) is 12.1 Å². The maximum atomic E-state index is 11.8. The standard InChI is InChI=1S/C15H15ClN2O5/c1-15(2,3)22-14(21)18-8-4-5-11(16)9(6-8)12-10(13(19)20)7-17-23-12/h4-7H,1-3H3,(H,18,21)(H,19,20). The molecule has 122 valence electrons. The zero-order valence-corrected chi connectivity index (χ0v) is 13.5. The minimum absolute atomic E-state index is 0.00957. The van der Waals surface area contributed by atoms with E-state index >= 15 is 0 Å². The summed E-state index contributed by atoms with van der Waals surface area (Å²) in [5, 5.41) is 15.4. The number of hydrogen-bond donors (Lipinski definition) is 2. The van der Waals surface area contributed by atoms with E-state index in [0.29, 0.717) is 11.3 Å². The van der Waals surface area contributed by atoms with Crippen molar-refractivity contribution in [3.05, 3.63) is 35.0 Å². The van der Waals surface area contributed by atoms with Gasteiger partial charge in [-0.3, -0.25) is 5.32 Å². The molecule has 1 heterocycles. The van der Waals surface area contributed by atoms with Crippen LogP contribution in [0.4, 0.5) is 10.5 Å². The van der Waals surface area contributed by atoms with Gasteiger partial charge in [0.15, 0.2) is 5.76 Å². The maximum Gasteiger partial charge on any atom is 0.412 e. The van der Waals surface area contributed by atoms with E-state index in [0.717, 1.165) is 6.20 Å². The molecule has 1 aromatic carbocycles. The molecular weight excluding hydrogens is 324 g/mol. The molecule has 0 spiro atoms. The van der Waals surface area contributed by atoms with Crippen LogP contribution in [-0.4, -0.2) is 27.9 Å². The molecule has 7 nitrogen and oxygen atoms in total. The van der Waals surface area contributed by atoms with E-state index in [2.05, 4.69) is 10.5 Å². The lowest BCUT2D eigenvalue weighted by molar-refractivity contribution is 0.0634. The van der Waals surface area contributed by atoms with Gasteiger partial charge in [-0.1, -0.05) is 16.8 Å². The highest BCUT2D eigenvalue weighted by atomic mass is 35.5. The number of carboxylic acids is 1. The summed E-state index contributed by atoms with van der Waals surface area (Å²) < 4.78 is 10.1. The van der Waals surface area contributed by atoms with Crippen LogP contribution >= 0.6 is 11.6 Å². The first-order chi connectivity index (χ1) is 10.7. The summed E-state index contributed by atoms with van der Waals surface area (Å²) >= 11 is 6.08. The summed E-state index contributed by atoms with van der Waals surface area (Å²) in [5.41, 5.74) is -0.0800. The monoisotopic (exact) mass is 338 g/mol. The van der Waals surface area contributed by atoms with Crippen LogP contribution in [0.5, 0.6) is 0 Å². The first-order valence-electron chi connectivity index (χ1n) is 6.65. The lowest BCUT2D eigenvalue weighted by Crippen LogP contribution is -2.27. The fourth-order valence-electron chi connectivity index (χ4n) is 1.78. The average Bonchev–Trinajstić information content (AvgIpc) is 2.88. The van der Waals surface area contributed by atoms with E-state index in [1.807, 2.05) is 0 Å². The second kappa shape index (κ2) is 6.29. The number of anilines is 1. The van der Waals surface area contributed by atoms with Crippen LogP contribution < -0.4 is 5.32 Å². The lowest BCUT2D eigenvalue weighted by Gasteiger charge is -2.19. The van der Waals surface area contributed by atoms with Crippen LogP contribution in [-0.2, 0) is 4.74 Å². The van der Waals surface area contributed by atoms with Crippen molar-refractivity contribution in [1.29, 1.82) is 0 Å². The van der Waals surface area contributed by atoms with Crippen LogP contribution in [0.15, 0.2) is 28.9 Å². The van der Waals surface area contributed by atoms with Crippen molar-refractivity contribution in [2.75, 3.05) is 5.32 Å². The fraction of sp³-hybridized carbons (Fsp3) is 0.267. The molecule has 2 aromatic rings. The van der Waals surface area contributed by atoms with Gasteiger partial charge in [0.05, 0.1) is 11.2 Å². The number of aromatic carboxylic acids is 1. The van der Waals surface area contributed by atoms with Crippen molar-refractivity contribution < 1.29 is 24.0 Å². The van der Waals surface area contributed by atoms with Crippen molar-refractivity contribution in [2.45, 2.75) is 26.4 Å². The first kappa shape index (κ1) is 16.8. The molecule has 0 fully saturated rings. The summed E-state index contributed by atoms with van der Waals surface area (Å²) in [6.07, 6.45) is 0.448. The molecule has 2 rings (SSSR count). The number of rotatable bonds is 3. The number of hydrogen-bond acceptors (Lipinski definition) is 5. The van der Waals surface area contributed by atoms with Gasteiger partial charge in [-0.2, -0.15) is 0 Å². The smallest absolute Gasteiger partial charge is 0.412 e. The van der Waals surface area contributed by atoms with Gasteiger partial charge in [0, 0.05) is 11.3 Å². The molecule has 0 aliphatic carbocycles. The summed E-state index contributed by atoms with van der Waals surface area (Å²) in [6.45, 7) is 5.23. The number of halogens is 1. The zero-order chi connectivity index (χ0) is 17.2. The quantitative estimate of drug-likeness (QED) is 0.875. The number of carbonyl (C=O) groups excluding carboxylic acids is 1. The molecule has 0 radical (unpaired) electrons. The van der Waals surface area contributed by atoms with Crippen LogP contribution in [0.1, 0.15) is 31.1 Å². The van der Waals surface area contributed by atoms with E-state index in [9.17, 15) is 9.59 Å². The Morgan fingerprint density at radius 1 is 1.35 bits per heavy atom.